The van der Waals surface area contributed by atoms with Gasteiger partial charge in [-0.15, -0.1) is 0 Å². The van der Waals surface area contributed by atoms with Crippen LogP contribution in [0, 0.1) is 0 Å². The number of nitrogens with zero attached hydrogens (tertiary/aromatic N) is 4. The summed E-state index contributed by atoms with van der Waals surface area (Å²) < 4.78 is 0. The van der Waals surface area contributed by atoms with E-state index < -0.39 is 0 Å². The summed E-state index contributed by atoms with van der Waals surface area (Å²) in [5.74, 6) is 0.791. The fourth-order valence-electron chi connectivity index (χ4n) is 2.98. The number of carbonyl (C=O) groups excluding carboxylic acids is 1. The van der Waals surface area contributed by atoms with Crippen LogP contribution in [-0.4, -0.2) is 35.0 Å². The summed E-state index contributed by atoms with van der Waals surface area (Å²) in [6, 6.07) is 3.91. The minimum absolute atomic E-state index is 0.0231. The van der Waals surface area contributed by atoms with Gasteiger partial charge in [0.15, 0.2) is 0 Å². The third-order valence-electron chi connectivity index (χ3n) is 4.29. The van der Waals surface area contributed by atoms with Crippen LogP contribution in [-0.2, 0) is 17.6 Å². The minimum Gasteiger partial charge on any atom is -0.349 e. The third-order valence-corrected chi connectivity index (χ3v) is 4.29. The summed E-state index contributed by atoms with van der Waals surface area (Å²) in [6.07, 6.45) is 9.50. The van der Waals surface area contributed by atoms with E-state index in [4.69, 9.17) is 0 Å². The highest BCUT2D eigenvalue weighted by Crippen LogP contribution is 2.29. The van der Waals surface area contributed by atoms with E-state index in [1.54, 1.807) is 12.4 Å². The maximum atomic E-state index is 12.3. The molecule has 3 rings (SSSR count). The monoisotopic (exact) mass is 325 g/mol. The summed E-state index contributed by atoms with van der Waals surface area (Å²) in [7, 11) is 3.87. The average molecular weight is 325 g/mol. The van der Waals surface area contributed by atoms with Gasteiger partial charge in [-0.3, -0.25) is 9.78 Å². The van der Waals surface area contributed by atoms with Crippen molar-refractivity contribution in [3.63, 3.8) is 0 Å². The molecule has 126 valence electrons. The normalized spacial score (nSPS) is 16.3. The van der Waals surface area contributed by atoms with Crippen LogP contribution >= 0.6 is 0 Å². The largest absolute Gasteiger partial charge is 0.349 e. The fraction of sp³-hybridized carbons (Fsp3) is 0.444. The summed E-state index contributed by atoms with van der Waals surface area (Å²) in [5.41, 5.74) is 3.24. The van der Waals surface area contributed by atoms with Crippen molar-refractivity contribution in [2.75, 3.05) is 19.0 Å². The molecule has 0 saturated heterocycles. The van der Waals surface area contributed by atoms with Crippen LogP contribution < -0.4 is 10.2 Å². The number of fused-ring (bicyclic) bond motifs is 1. The highest BCUT2D eigenvalue weighted by Gasteiger charge is 2.23. The first-order valence-corrected chi connectivity index (χ1v) is 8.35. The molecule has 0 fully saturated rings. The Morgan fingerprint density at radius 1 is 1.33 bits per heavy atom. The first-order valence-electron chi connectivity index (χ1n) is 8.35. The zero-order valence-corrected chi connectivity index (χ0v) is 14.2. The number of carbonyl (C=O) groups is 1. The Balaban J connectivity index is 1.63. The number of rotatable bonds is 5. The van der Waals surface area contributed by atoms with Gasteiger partial charge >= 0.3 is 0 Å². The number of amides is 1. The van der Waals surface area contributed by atoms with E-state index in [0.29, 0.717) is 6.42 Å². The van der Waals surface area contributed by atoms with Crippen molar-refractivity contribution in [1.29, 1.82) is 0 Å². The van der Waals surface area contributed by atoms with E-state index >= 15 is 0 Å². The molecule has 6 nitrogen and oxygen atoms in total. The van der Waals surface area contributed by atoms with Crippen molar-refractivity contribution in [1.82, 2.24) is 20.3 Å². The maximum Gasteiger partial charge on any atom is 0.225 e. The molecular weight excluding hydrogens is 302 g/mol. The van der Waals surface area contributed by atoms with Gasteiger partial charge in [-0.25, -0.2) is 9.97 Å². The smallest absolute Gasteiger partial charge is 0.225 e. The summed E-state index contributed by atoms with van der Waals surface area (Å²) in [4.78, 5) is 27.2. The average Bonchev–Trinajstić information content (AvgIpc) is 2.60. The number of hydrogen-bond acceptors (Lipinski definition) is 5. The van der Waals surface area contributed by atoms with Crippen LogP contribution in [0.25, 0.3) is 0 Å². The first-order chi connectivity index (χ1) is 11.6. The molecule has 1 aliphatic carbocycles. The Labute approximate surface area is 142 Å². The van der Waals surface area contributed by atoms with E-state index in [-0.39, 0.29) is 11.9 Å². The molecule has 1 aliphatic rings. The van der Waals surface area contributed by atoms with Gasteiger partial charge in [-0.2, -0.15) is 0 Å². The van der Waals surface area contributed by atoms with Crippen molar-refractivity contribution >= 4 is 11.9 Å². The van der Waals surface area contributed by atoms with Crippen molar-refractivity contribution in [3.05, 3.63) is 47.5 Å². The van der Waals surface area contributed by atoms with Crippen LogP contribution in [0.4, 0.5) is 5.95 Å². The molecule has 0 saturated carbocycles. The molecule has 2 aromatic rings. The van der Waals surface area contributed by atoms with Crippen LogP contribution in [0.5, 0.6) is 0 Å². The maximum absolute atomic E-state index is 12.3. The summed E-state index contributed by atoms with van der Waals surface area (Å²) in [5, 5.41) is 3.15. The van der Waals surface area contributed by atoms with Gasteiger partial charge < -0.3 is 10.2 Å². The Bertz CT molecular complexity index is 702. The van der Waals surface area contributed by atoms with E-state index in [0.717, 1.165) is 48.5 Å². The van der Waals surface area contributed by atoms with Crippen molar-refractivity contribution in [2.24, 2.45) is 0 Å². The second-order valence-electron chi connectivity index (χ2n) is 6.33. The zero-order chi connectivity index (χ0) is 16.9. The lowest BCUT2D eigenvalue weighted by molar-refractivity contribution is -0.121. The Morgan fingerprint density at radius 2 is 2.12 bits per heavy atom. The van der Waals surface area contributed by atoms with E-state index in [1.165, 1.54) is 0 Å². The number of hydrogen-bond donors (Lipinski definition) is 1. The van der Waals surface area contributed by atoms with Gasteiger partial charge in [0.05, 0.1) is 11.7 Å². The van der Waals surface area contributed by atoms with Crippen molar-refractivity contribution < 1.29 is 4.79 Å². The second kappa shape index (κ2) is 7.38. The second-order valence-corrected chi connectivity index (χ2v) is 6.33. The highest BCUT2D eigenvalue weighted by atomic mass is 16.1. The zero-order valence-electron chi connectivity index (χ0n) is 14.2. The number of pyridine rings is 1. The lowest BCUT2D eigenvalue weighted by Gasteiger charge is -2.26. The molecule has 0 spiro atoms. The number of anilines is 1. The molecule has 0 bridgehead atoms. The Morgan fingerprint density at radius 3 is 2.88 bits per heavy atom. The molecule has 2 aromatic heterocycles. The number of aryl methyl sites for hydroxylation is 2. The van der Waals surface area contributed by atoms with Gasteiger partial charge in [0, 0.05) is 44.7 Å². The molecule has 1 amide bonds. The lowest BCUT2D eigenvalue weighted by Crippen LogP contribution is -2.32. The van der Waals surface area contributed by atoms with E-state index in [2.05, 4.69) is 20.3 Å². The molecule has 1 N–H and O–H groups in total. The van der Waals surface area contributed by atoms with E-state index in [9.17, 15) is 4.79 Å². The van der Waals surface area contributed by atoms with Crippen molar-refractivity contribution in [2.45, 2.75) is 38.1 Å². The first kappa shape index (κ1) is 16.4. The number of nitrogens with one attached hydrogen (secondary N) is 1. The van der Waals surface area contributed by atoms with Crippen LogP contribution in [0.2, 0.25) is 0 Å². The quantitative estimate of drug-likeness (QED) is 0.911. The van der Waals surface area contributed by atoms with Gasteiger partial charge in [0.25, 0.3) is 0 Å². The van der Waals surface area contributed by atoms with Gasteiger partial charge in [0.1, 0.15) is 0 Å². The molecule has 0 aromatic carbocycles. The van der Waals surface area contributed by atoms with Gasteiger partial charge in [-0.05, 0) is 43.4 Å². The molecular formula is C18H23N5O. The van der Waals surface area contributed by atoms with E-state index in [1.807, 2.05) is 37.3 Å². The summed E-state index contributed by atoms with van der Waals surface area (Å²) >= 11 is 0. The van der Waals surface area contributed by atoms with Gasteiger partial charge in [0.2, 0.25) is 11.9 Å². The third kappa shape index (κ3) is 3.88. The fourth-order valence-corrected chi connectivity index (χ4v) is 2.98. The van der Waals surface area contributed by atoms with Crippen molar-refractivity contribution in [3.8, 4) is 0 Å². The standard InChI is InChI=1S/C18H23N5O/c1-23(2)18-20-12-14-15(4-3-5-16(14)22-18)21-17(24)7-6-13-8-10-19-11-9-13/h8-12,15H,3-7H2,1-2H3,(H,21,24). The minimum atomic E-state index is 0.0231. The number of aromatic nitrogens is 3. The molecule has 24 heavy (non-hydrogen) atoms. The molecule has 2 heterocycles. The predicted molar refractivity (Wildman–Crippen MR) is 92.7 cm³/mol. The Hall–Kier alpha value is -2.50. The van der Waals surface area contributed by atoms with Crippen LogP contribution in [0.3, 0.4) is 0 Å². The molecule has 0 radical (unpaired) electrons. The molecule has 1 atom stereocenters. The van der Waals surface area contributed by atoms with Gasteiger partial charge in [-0.1, -0.05) is 0 Å². The lowest BCUT2D eigenvalue weighted by atomic mass is 9.92. The predicted octanol–water partition coefficient (Wildman–Crippen LogP) is 2.06. The SMILES string of the molecule is CN(C)c1ncc2c(n1)CCCC2NC(=O)CCc1ccncc1. The highest BCUT2D eigenvalue weighted by molar-refractivity contribution is 5.76. The van der Waals surface area contributed by atoms with Crippen LogP contribution in [0.15, 0.2) is 30.7 Å². The Kier molecular flexibility index (Phi) is 5.03. The topological polar surface area (TPSA) is 71.0 Å². The molecule has 6 heteroatoms. The summed E-state index contributed by atoms with van der Waals surface area (Å²) in [6.45, 7) is 0. The molecule has 0 aliphatic heterocycles. The molecule has 1 unspecified atom stereocenters. The van der Waals surface area contributed by atoms with Crippen LogP contribution in [0.1, 0.15) is 42.1 Å².